The zero-order chi connectivity index (χ0) is 27.7. The van der Waals surface area contributed by atoms with Crippen molar-refractivity contribution in [1.82, 2.24) is 20.1 Å². The summed E-state index contributed by atoms with van der Waals surface area (Å²) in [6.07, 6.45) is 0.961. The molecule has 208 valence electrons. The number of benzene rings is 2. The highest BCUT2D eigenvalue weighted by molar-refractivity contribution is 7.89. The second kappa shape index (κ2) is 10.5. The molecule has 2 aromatic carbocycles. The van der Waals surface area contributed by atoms with Crippen molar-refractivity contribution in [3.63, 3.8) is 0 Å². The van der Waals surface area contributed by atoms with Gasteiger partial charge in [-0.1, -0.05) is 18.2 Å². The number of para-hydroxylation sites is 1. The van der Waals surface area contributed by atoms with Gasteiger partial charge in [-0.3, -0.25) is 15.1 Å². The van der Waals surface area contributed by atoms with Crippen molar-refractivity contribution in [3.05, 3.63) is 72.1 Å². The van der Waals surface area contributed by atoms with Gasteiger partial charge in [-0.05, 0) is 67.7 Å². The highest BCUT2D eigenvalue weighted by Gasteiger charge is 2.42. The Labute approximate surface area is 223 Å². The van der Waals surface area contributed by atoms with E-state index in [2.05, 4.69) is 26.6 Å². The first-order valence-corrected chi connectivity index (χ1v) is 13.8. The van der Waals surface area contributed by atoms with Crippen molar-refractivity contribution in [2.75, 3.05) is 19.6 Å². The maximum atomic E-state index is 13.0. The average molecular weight is 565 g/mol. The molecule has 1 amide bonds. The van der Waals surface area contributed by atoms with Crippen LogP contribution in [0, 0.1) is 0 Å². The summed E-state index contributed by atoms with van der Waals surface area (Å²) >= 11 is 0. The van der Waals surface area contributed by atoms with Crippen LogP contribution in [0.15, 0.2) is 71.4 Å². The minimum atomic E-state index is -4.86. The third-order valence-electron chi connectivity index (χ3n) is 6.86. The maximum Gasteiger partial charge on any atom is 0.573 e. The third kappa shape index (κ3) is 6.05. The number of nitrogens with one attached hydrogen (secondary N) is 3. The van der Waals surface area contributed by atoms with Gasteiger partial charge in [0.05, 0.1) is 4.90 Å². The van der Waals surface area contributed by atoms with Crippen molar-refractivity contribution in [1.29, 1.82) is 0 Å². The number of aromatic amines is 1. The average Bonchev–Trinajstić information content (AvgIpc) is 3.51. The fourth-order valence-electron chi connectivity index (χ4n) is 4.82. The summed E-state index contributed by atoms with van der Waals surface area (Å²) in [4.78, 5) is 21.5. The van der Waals surface area contributed by atoms with Gasteiger partial charge in [0.1, 0.15) is 17.0 Å². The zero-order valence-electron chi connectivity index (χ0n) is 20.8. The summed E-state index contributed by atoms with van der Waals surface area (Å²) < 4.78 is 68.1. The summed E-state index contributed by atoms with van der Waals surface area (Å²) in [5, 5.41) is 4.05. The van der Waals surface area contributed by atoms with Gasteiger partial charge in [-0.2, -0.15) is 4.31 Å². The quantitative estimate of drug-likeness (QED) is 0.359. The molecule has 0 atom stereocenters. The van der Waals surface area contributed by atoms with Gasteiger partial charge < -0.3 is 15.0 Å². The minimum absolute atomic E-state index is 0.112. The Hall–Kier alpha value is -3.55. The smallest absolute Gasteiger partial charge is 0.406 e. The number of fused-ring (bicyclic) bond motifs is 1. The monoisotopic (exact) mass is 564 g/mol. The Morgan fingerprint density at radius 2 is 1.82 bits per heavy atom. The third-order valence-corrected chi connectivity index (χ3v) is 8.78. The standard InChI is InChI=1S/C26H27F3N4O5S/c27-26(28,29)37-19-7-9-20(10-8-19)39(35,36)33-14-11-25(12-15-33)16-23(32-38-25)24(34)30-13-3-4-18-17-31-22-6-2-1-5-21(18)22/h1-2,5-10,16-17,31-32H,3-4,11-15H2,(H,30,34). The molecule has 1 fully saturated rings. The number of hydrogen-bond acceptors (Lipinski definition) is 6. The Bertz CT molecular complexity index is 1480. The number of H-pyrrole nitrogens is 1. The van der Waals surface area contributed by atoms with Crippen LogP contribution in [0.25, 0.3) is 10.9 Å². The molecular formula is C26H27F3N4O5S. The Morgan fingerprint density at radius 1 is 1.10 bits per heavy atom. The van der Waals surface area contributed by atoms with Gasteiger partial charge in [0.15, 0.2) is 0 Å². The van der Waals surface area contributed by atoms with Crippen molar-refractivity contribution >= 4 is 26.8 Å². The molecule has 1 aromatic heterocycles. The van der Waals surface area contributed by atoms with Gasteiger partial charge in [0, 0.05) is 36.7 Å². The minimum Gasteiger partial charge on any atom is -0.406 e. The van der Waals surface area contributed by atoms with Crippen LogP contribution in [-0.4, -0.2) is 55.2 Å². The van der Waals surface area contributed by atoms with Crippen LogP contribution >= 0.6 is 0 Å². The number of hydrogen-bond donors (Lipinski definition) is 3. The molecule has 39 heavy (non-hydrogen) atoms. The molecule has 0 unspecified atom stereocenters. The number of sulfonamides is 1. The molecule has 0 saturated carbocycles. The fraction of sp³-hybridized carbons (Fsp3) is 0.346. The number of aromatic nitrogens is 1. The van der Waals surface area contributed by atoms with Crippen molar-refractivity contribution in [2.45, 2.75) is 42.5 Å². The van der Waals surface area contributed by atoms with Crippen LogP contribution in [0.3, 0.4) is 0 Å². The molecule has 9 nitrogen and oxygen atoms in total. The van der Waals surface area contributed by atoms with E-state index >= 15 is 0 Å². The van der Waals surface area contributed by atoms with E-state index in [1.165, 1.54) is 15.3 Å². The SMILES string of the molecule is O=C(NCCCc1c[nH]c2ccccc12)C1=CC2(CCN(S(=O)(=O)c3ccc(OC(F)(F)F)cc3)CC2)ON1. The van der Waals surface area contributed by atoms with Crippen molar-refractivity contribution < 1.29 is 36.0 Å². The highest BCUT2D eigenvalue weighted by atomic mass is 32.2. The second-order valence-corrected chi connectivity index (χ2v) is 11.4. The number of aryl methyl sites for hydroxylation is 1. The number of carbonyl (C=O) groups is 1. The molecule has 1 spiro atoms. The topological polar surface area (TPSA) is 113 Å². The van der Waals surface area contributed by atoms with Crippen molar-refractivity contribution in [3.8, 4) is 5.75 Å². The number of hydroxylamine groups is 1. The summed E-state index contributed by atoms with van der Waals surface area (Å²) in [5.74, 6) is -0.805. The van der Waals surface area contributed by atoms with Crippen LogP contribution < -0.4 is 15.5 Å². The molecule has 13 heteroatoms. The van der Waals surface area contributed by atoms with E-state index < -0.39 is 27.7 Å². The molecule has 0 radical (unpaired) electrons. The number of ether oxygens (including phenoxy) is 1. The first-order valence-electron chi connectivity index (χ1n) is 12.4. The number of halogens is 3. The number of nitrogens with zero attached hydrogens (tertiary/aromatic N) is 1. The maximum absolute atomic E-state index is 13.0. The van der Waals surface area contributed by atoms with Gasteiger partial charge >= 0.3 is 6.36 Å². The first kappa shape index (κ1) is 27.0. The number of carbonyl (C=O) groups excluding carboxylic acids is 1. The molecule has 1 saturated heterocycles. The lowest BCUT2D eigenvalue weighted by molar-refractivity contribution is -0.274. The molecular weight excluding hydrogens is 537 g/mol. The van der Waals surface area contributed by atoms with E-state index in [1.807, 2.05) is 24.4 Å². The van der Waals surface area contributed by atoms with Crippen LogP contribution in [0.5, 0.6) is 5.75 Å². The lowest BCUT2D eigenvalue weighted by Crippen LogP contribution is -2.46. The van der Waals surface area contributed by atoms with Crippen LogP contribution in [0.2, 0.25) is 0 Å². The molecule has 0 bridgehead atoms. The van der Waals surface area contributed by atoms with Crippen LogP contribution in [-0.2, 0) is 26.1 Å². The van der Waals surface area contributed by atoms with E-state index in [9.17, 15) is 26.4 Å². The van der Waals surface area contributed by atoms with Gasteiger partial charge in [-0.15, -0.1) is 13.2 Å². The zero-order valence-corrected chi connectivity index (χ0v) is 21.6. The Kier molecular flexibility index (Phi) is 7.31. The number of amides is 1. The Balaban J connectivity index is 1.12. The summed E-state index contributed by atoms with van der Waals surface area (Å²) in [6.45, 7) is 0.699. The number of piperidine rings is 1. The summed E-state index contributed by atoms with van der Waals surface area (Å²) in [6, 6.07) is 12.1. The van der Waals surface area contributed by atoms with E-state index in [0.29, 0.717) is 19.4 Å². The van der Waals surface area contributed by atoms with E-state index in [1.54, 1.807) is 6.08 Å². The highest BCUT2D eigenvalue weighted by Crippen LogP contribution is 2.34. The van der Waals surface area contributed by atoms with Gasteiger partial charge in [-0.25, -0.2) is 8.42 Å². The predicted octanol–water partition coefficient (Wildman–Crippen LogP) is 3.76. The first-order chi connectivity index (χ1) is 18.5. The van der Waals surface area contributed by atoms with Gasteiger partial charge in [0.25, 0.3) is 5.91 Å². The van der Waals surface area contributed by atoms with Crippen molar-refractivity contribution in [2.24, 2.45) is 0 Å². The summed E-state index contributed by atoms with van der Waals surface area (Å²) in [7, 11) is -3.93. The van der Waals surface area contributed by atoms with Gasteiger partial charge in [0.2, 0.25) is 10.0 Å². The van der Waals surface area contributed by atoms with E-state index in [4.69, 9.17) is 4.84 Å². The molecule has 5 rings (SSSR count). The normalized spacial score (nSPS) is 17.7. The van der Waals surface area contributed by atoms with Crippen LogP contribution in [0.4, 0.5) is 13.2 Å². The molecule has 0 aliphatic carbocycles. The molecule has 2 aliphatic heterocycles. The van der Waals surface area contributed by atoms with Crippen LogP contribution in [0.1, 0.15) is 24.8 Å². The lowest BCUT2D eigenvalue weighted by Gasteiger charge is -2.35. The lowest BCUT2D eigenvalue weighted by atomic mass is 9.92. The molecule has 2 aliphatic rings. The molecule has 3 N–H and O–H groups in total. The second-order valence-electron chi connectivity index (χ2n) is 9.47. The molecule has 3 heterocycles. The van der Waals surface area contributed by atoms with E-state index in [0.717, 1.165) is 42.6 Å². The molecule has 3 aromatic rings. The summed E-state index contributed by atoms with van der Waals surface area (Å²) in [5.41, 5.74) is 4.39. The number of alkyl halides is 3. The number of rotatable bonds is 8. The predicted molar refractivity (Wildman–Crippen MR) is 136 cm³/mol. The Morgan fingerprint density at radius 3 is 2.54 bits per heavy atom. The largest absolute Gasteiger partial charge is 0.573 e. The fourth-order valence-corrected chi connectivity index (χ4v) is 6.26. The van der Waals surface area contributed by atoms with E-state index in [-0.39, 0.29) is 29.6 Å².